The zero-order chi connectivity index (χ0) is 17.7. The van der Waals surface area contributed by atoms with Crippen LogP contribution in [0.2, 0.25) is 0 Å². The molecule has 1 aliphatic heterocycles. The number of nitrogens with one attached hydrogen (secondary N) is 2. The molecule has 0 aromatic heterocycles. The Hall–Kier alpha value is -1.14. The van der Waals surface area contributed by atoms with Gasteiger partial charge in [0.2, 0.25) is 5.91 Å². The van der Waals surface area contributed by atoms with E-state index in [2.05, 4.69) is 10.6 Å². The molecule has 6 heteroatoms. The number of halogens is 1. The SMILES string of the molecule is CC(C)OCCOCc1cccc(NC(=O)C2CC23CCNCC3)c1.Cl. The van der Waals surface area contributed by atoms with Gasteiger partial charge >= 0.3 is 0 Å². The molecule has 2 N–H and O–H groups in total. The van der Waals surface area contributed by atoms with Crippen molar-refractivity contribution in [3.8, 4) is 0 Å². The summed E-state index contributed by atoms with van der Waals surface area (Å²) >= 11 is 0. The molecule has 5 nitrogen and oxygen atoms in total. The molecule has 1 aromatic rings. The van der Waals surface area contributed by atoms with Gasteiger partial charge in [-0.2, -0.15) is 0 Å². The van der Waals surface area contributed by atoms with Gasteiger partial charge in [0.1, 0.15) is 0 Å². The fourth-order valence-electron chi connectivity index (χ4n) is 3.70. The fourth-order valence-corrected chi connectivity index (χ4v) is 3.70. The van der Waals surface area contributed by atoms with Crippen molar-refractivity contribution in [2.45, 2.75) is 45.8 Å². The molecule has 1 amide bonds. The van der Waals surface area contributed by atoms with Gasteiger partial charge in [-0.3, -0.25) is 4.79 Å². The van der Waals surface area contributed by atoms with Crippen molar-refractivity contribution in [1.82, 2.24) is 5.32 Å². The van der Waals surface area contributed by atoms with E-state index in [-0.39, 0.29) is 35.8 Å². The van der Waals surface area contributed by atoms with Gasteiger partial charge in [-0.05, 0) is 69.3 Å². The van der Waals surface area contributed by atoms with Crippen molar-refractivity contribution in [3.63, 3.8) is 0 Å². The molecule has 3 rings (SSSR count). The first-order chi connectivity index (χ1) is 12.1. The molecule has 2 aliphatic rings. The Balaban J connectivity index is 0.00000243. The zero-order valence-electron chi connectivity index (χ0n) is 15.8. The minimum absolute atomic E-state index is 0. The molecule has 26 heavy (non-hydrogen) atoms. The van der Waals surface area contributed by atoms with Crippen LogP contribution < -0.4 is 10.6 Å². The molecule has 2 fully saturated rings. The van der Waals surface area contributed by atoms with Crippen molar-refractivity contribution >= 4 is 24.0 Å². The van der Waals surface area contributed by atoms with Crippen molar-refractivity contribution in [3.05, 3.63) is 29.8 Å². The Morgan fingerprint density at radius 1 is 1.31 bits per heavy atom. The lowest BCUT2D eigenvalue weighted by Gasteiger charge is -2.23. The second-order valence-electron chi connectivity index (χ2n) is 7.53. The van der Waals surface area contributed by atoms with Gasteiger partial charge in [0.05, 0.1) is 25.9 Å². The van der Waals surface area contributed by atoms with E-state index >= 15 is 0 Å². The minimum Gasteiger partial charge on any atom is -0.376 e. The molecule has 1 atom stereocenters. The molecule has 1 unspecified atom stereocenters. The van der Waals surface area contributed by atoms with E-state index < -0.39 is 0 Å². The lowest BCUT2D eigenvalue weighted by atomic mass is 9.92. The van der Waals surface area contributed by atoms with Crippen LogP contribution in [-0.4, -0.2) is 38.3 Å². The van der Waals surface area contributed by atoms with Gasteiger partial charge < -0.3 is 20.1 Å². The monoisotopic (exact) mass is 382 g/mol. The van der Waals surface area contributed by atoms with Crippen LogP contribution >= 0.6 is 12.4 Å². The quantitative estimate of drug-likeness (QED) is 0.677. The number of carbonyl (C=O) groups excluding carboxylic acids is 1. The third-order valence-electron chi connectivity index (χ3n) is 5.25. The lowest BCUT2D eigenvalue weighted by molar-refractivity contribution is -0.118. The molecule has 146 valence electrons. The molecule has 1 heterocycles. The summed E-state index contributed by atoms with van der Waals surface area (Å²) in [6.45, 7) is 7.82. The largest absolute Gasteiger partial charge is 0.376 e. The van der Waals surface area contributed by atoms with Crippen LogP contribution in [-0.2, 0) is 20.9 Å². The van der Waals surface area contributed by atoms with Crippen LogP contribution in [0.15, 0.2) is 24.3 Å². The first-order valence-corrected chi connectivity index (χ1v) is 9.39. The Morgan fingerprint density at radius 3 is 2.81 bits per heavy atom. The number of hydrogen-bond donors (Lipinski definition) is 2. The van der Waals surface area contributed by atoms with Crippen LogP contribution in [0.25, 0.3) is 0 Å². The predicted octanol–water partition coefficient (Wildman–Crippen LogP) is 3.38. The number of hydrogen-bond acceptors (Lipinski definition) is 4. The molecule has 0 radical (unpaired) electrons. The third kappa shape index (κ3) is 5.68. The summed E-state index contributed by atoms with van der Waals surface area (Å²) in [4.78, 5) is 12.5. The van der Waals surface area contributed by atoms with Gasteiger partial charge in [0.15, 0.2) is 0 Å². The van der Waals surface area contributed by atoms with Gasteiger partial charge in [-0.1, -0.05) is 12.1 Å². The average Bonchev–Trinajstić information content (AvgIpc) is 3.28. The number of anilines is 1. The van der Waals surface area contributed by atoms with Crippen LogP contribution in [0, 0.1) is 11.3 Å². The van der Waals surface area contributed by atoms with Crippen molar-refractivity contribution < 1.29 is 14.3 Å². The molecule has 0 bridgehead atoms. The second kappa shape index (κ2) is 9.70. The van der Waals surface area contributed by atoms with E-state index in [4.69, 9.17) is 9.47 Å². The smallest absolute Gasteiger partial charge is 0.228 e. The molecule has 1 aliphatic carbocycles. The van der Waals surface area contributed by atoms with Gasteiger partial charge in [-0.25, -0.2) is 0 Å². The summed E-state index contributed by atoms with van der Waals surface area (Å²) in [6.07, 6.45) is 3.52. The first kappa shape index (κ1) is 21.2. The minimum atomic E-state index is 0. The fraction of sp³-hybridized carbons (Fsp3) is 0.650. The average molecular weight is 383 g/mol. The van der Waals surface area contributed by atoms with E-state index in [0.717, 1.165) is 43.6 Å². The van der Waals surface area contributed by atoms with E-state index in [9.17, 15) is 4.79 Å². The Morgan fingerprint density at radius 2 is 2.08 bits per heavy atom. The predicted molar refractivity (Wildman–Crippen MR) is 106 cm³/mol. The van der Waals surface area contributed by atoms with Crippen LogP contribution in [0.1, 0.15) is 38.7 Å². The van der Waals surface area contributed by atoms with Crippen molar-refractivity contribution in [2.24, 2.45) is 11.3 Å². The standard InChI is InChI=1S/C20H30N2O3.ClH/c1-15(2)25-11-10-24-14-16-4-3-5-17(12-16)22-19(23)18-13-20(18)6-8-21-9-7-20;/h3-5,12,15,18,21H,6-11,13-14H2,1-2H3,(H,22,23);1H. The van der Waals surface area contributed by atoms with E-state index in [1.165, 1.54) is 0 Å². The molecular weight excluding hydrogens is 352 g/mol. The van der Waals surface area contributed by atoms with E-state index in [0.29, 0.717) is 19.8 Å². The van der Waals surface area contributed by atoms with Crippen LogP contribution in [0.3, 0.4) is 0 Å². The molecule has 1 saturated carbocycles. The number of ether oxygens (including phenoxy) is 2. The highest BCUT2D eigenvalue weighted by atomic mass is 35.5. The summed E-state index contributed by atoms with van der Waals surface area (Å²) in [5.41, 5.74) is 2.20. The van der Waals surface area contributed by atoms with Crippen molar-refractivity contribution in [2.75, 3.05) is 31.6 Å². The van der Waals surface area contributed by atoms with Crippen molar-refractivity contribution in [1.29, 1.82) is 0 Å². The normalized spacial score (nSPS) is 20.7. The maximum absolute atomic E-state index is 12.5. The molecule has 1 aromatic carbocycles. The number of amides is 1. The van der Waals surface area contributed by atoms with Crippen LogP contribution in [0.4, 0.5) is 5.69 Å². The zero-order valence-corrected chi connectivity index (χ0v) is 16.6. The topological polar surface area (TPSA) is 59.6 Å². The Bertz CT molecular complexity index is 588. The highest BCUT2D eigenvalue weighted by Crippen LogP contribution is 2.58. The lowest BCUT2D eigenvalue weighted by Crippen LogP contribution is -2.31. The summed E-state index contributed by atoms with van der Waals surface area (Å²) in [5, 5.41) is 6.47. The second-order valence-corrected chi connectivity index (χ2v) is 7.53. The van der Waals surface area contributed by atoms with Gasteiger partial charge in [0, 0.05) is 11.6 Å². The number of piperidine rings is 1. The third-order valence-corrected chi connectivity index (χ3v) is 5.25. The first-order valence-electron chi connectivity index (χ1n) is 9.39. The summed E-state index contributed by atoms with van der Waals surface area (Å²) in [5.74, 6) is 0.355. The number of benzene rings is 1. The molecule has 1 spiro atoms. The molecular formula is C20H31ClN2O3. The highest BCUT2D eigenvalue weighted by molar-refractivity contribution is 5.95. The Kier molecular flexibility index (Phi) is 7.89. The summed E-state index contributed by atoms with van der Waals surface area (Å²) < 4.78 is 11.1. The Labute approximate surface area is 162 Å². The number of rotatable bonds is 8. The van der Waals surface area contributed by atoms with Gasteiger partial charge in [0.25, 0.3) is 0 Å². The molecule has 1 saturated heterocycles. The summed E-state index contributed by atoms with van der Waals surface area (Å²) in [6, 6.07) is 7.93. The maximum atomic E-state index is 12.5. The van der Waals surface area contributed by atoms with E-state index in [1.54, 1.807) is 0 Å². The maximum Gasteiger partial charge on any atom is 0.228 e. The number of carbonyl (C=O) groups is 1. The van der Waals surface area contributed by atoms with E-state index in [1.807, 2.05) is 38.1 Å². The van der Waals surface area contributed by atoms with Gasteiger partial charge in [-0.15, -0.1) is 12.4 Å². The van der Waals surface area contributed by atoms with Crippen LogP contribution in [0.5, 0.6) is 0 Å². The highest BCUT2D eigenvalue weighted by Gasteiger charge is 2.57. The summed E-state index contributed by atoms with van der Waals surface area (Å²) in [7, 11) is 0.